The van der Waals surface area contributed by atoms with Crippen LogP contribution in [0, 0.1) is 0 Å². The third-order valence-corrected chi connectivity index (χ3v) is 3.63. The Labute approximate surface area is 126 Å². The largest absolute Gasteiger partial charge is 0.448 e. The Balaban J connectivity index is 1.79. The van der Waals surface area contributed by atoms with E-state index >= 15 is 0 Å². The standard InChI is InChI=1S/C16H24N2O3/c1-4-18(5-2)11-10-17-15(19)12-16(3)20-13-8-6-7-9-14(13)21-16/h6-9H,4-5,10-12H2,1-3H3,(H,17,19). The number of rotatable bonds is 7. The molecule has 1 aromatic carbocycles. The molecule has 0 atom stereocenters. The Kier molecular flexibility index (Phi) is 5.07. The number of carbonyl (C=O) groups is 1. The summed E-state index contributed by atoms with van der Waals surface area (Å²) in [7, 11) is 0. The number of amides is 1. The van der Waals surface area contributed by atoms with E-state index in [1.165, 1.54) is 0 Å². The van der Waals surface area contributed by atoms with Crippen LogP contribution >= 0.6 is 0 Å². The fourth-order valence-corrected chi connectivity index (χ4v) is 2.42. The Morgan fingerprint density at radius 3 is 2.29 bits per heavy atom. The van der Waals surface area contributed by atoms with Crippen LogP contribution < -0.4 is 14.8 Å². The second-order valence-corrected chi connectivity index (χ2v) is 5.34. The highest BCUT2D eigenvalue weighted by atomic mass is 16.7. The maximum atomic E-state index is 12.0. The van der Waals surface area contributed by atoms with Gasteiger partial charge in [0, 0.05) is 20.0 Å². The van der Waals surface area contributed by atoms with Crippen LogP contribution in [0.4, 0.5) is 0 Å². The molecule has 5 heteroatoms. The summed E-state index contributed by atoms with van der Waals surface area (Å²) in [6.07, 6.45) is 0.180. The van der Waals surface area contributed by atoms with Crippen LogP contribution in [0.1, 0.15) is 27.2 Å². The topological polar surface area (TPSA) is 50.8 Å². The minimum Gasteiger partial charge on any atom is -0.448 e. The molecule has 0 bridgehead atoms. The lowest BCUT2D eigenvalue weighted by Crippen LogP contribution is -2.42. The summed E-state index contributed by atoms with van der Waals surface area (Å²) in [4.78, 5) is 14.3. The maximum absolute atomic E-state index is 12.0. The molecule has 0 aromatic heterocycles. The number of carbonyl (C=O) groups excluding carboxylic acids is 1. The van der Waals surface area contributed by atoms with Crippen LogP contribution in [-0.2, 0) is 4.79 Å². The van der Waals surface area contributed by atoms with Gasteiger partial charge in [0.1, 0.15) is 6.42 Å². The molecular formula is C16H24N2O3. The molecule has 2 rings (SSSR count). The summed E-state index contributed by atoms with van der Waals surface area (Å²) in [6, 6.07) is 7.47. The average Bonchev–Trinajstić information content (AvgIpc) is 2.79. The molecule has 1 N–H and O–H groups in total. The molecule has 0 aliphatic carbocycles. The van der Waals surface area contributed by atoms with E-state index in [9.17, 15) is 4.79 Å². The van der Waals surface area contributed by atoms with Gasteiger partial charge in [-0.1, -0.05) is 26.0 Å². The van der Waals surface area contributed by atoms with Crippen LogP contribution in [0.15, 0.2) is 24.3 Å². The van der Waals surface area contributed by atoms with Gasteiger partial charge in [0.25, 0.3) is 5.79 Å². The highest BCUT2D eigenvalue weighted by molar-refractivity contribution is 5.77. The van der Waals surface area contributed by atoms with Crippen LogP contribution in [0.25, 0.3) is 0 Å². The molecule has 1 aliphatic rings. The summed E-state index contributed by atoms with van der Waals surface area (Å²) in [5, 5.41) is 2.92. The summed E-state index contributed by atoms with van der Waals surface area (Å²) < 4.78 is 11.5. The van der Waals surface area contributed by atoms with Crippen molar-refractivity contribution in [2.45, 2.75) is 33.0 Å². The van der Waals surface area contributed by atoms with E-state index in [4.69, 9.17) is 9.47 Å². The average molecular weight is 292 g/mol. The first-order chi connectivity index (χ1) is 10.1. The smallest absolute Gasteiger partial charge is 0.257 e. The van der Waals surface area contributed by atoms with E-state index in [1.54, 1.807) is 6.92 Å². The van der Waals surface area contributed by atoms with Gasteiger partial charge in [-0.25, -0.2) is 0 Å². The molecule has 0 spiro atoms. The predicted octanol–water partition coefficient (Wildman–Crippen LogP) is 2.02. The van der Waals surface area contributed by atoms with Crippen molar-refractivity contribution >= 4 is 5.91 Å². The molecule has 1 aliphatic heterocycles. The summed E-state index contributed by atoms with van der Waals surface area (Å²) in [5.41, 5.74) is 0. The first-order valence-electron chi connectivity index (χ1n) is 7.52. The molecule has 1 heterocycles. The van der Waals surface area contributed by atoms with E-state index < -0.39 is 5.79 Å². The molecule has 1 amide bonds. The number of nitrogens with zero attached hydrogens (tertiary/aromatic N) is 1. The van der Waals surface area contributed by atoms with E-state index in [2.05, 4.69) is 24.1 Å². The summed E-state index contributed by atoms with van der Waals surface area (Å²) in [6.45, 7) is 9.50. The van der Waals surface area contributed by atoms with Crippen molar-refractivity contribution < 1.29 is 14.3 Å². The first kappa shape index (κ1) is 15.6. The number of hydrogen-bond acceptors (Lipinski definition) is 4. The lowest BCUT2D eigenvalue weighted by molar-refractivity contribution is -0.133. The van der Waals surface area contributed by atoms with E-state index in [0.29, 0.717) is 18.0 Å². The van der Waals surface area contributed by atoms with Gasteiger partial charge >= 0.3 is 0 Å². The molecule has 116 valence electrons. The van der Waals surface area contributed by atoms with Gasteiger partial charge < -0.3 is 19.7 Å². The number of benzene rings is 1. The number of likely N-dealkylation sites (N-methyl/N-ethyl adjacent to an activating group) is 1. The molecule has 0 fully saturated rings. The van der Waals surface area contributed by atoms with Gasteiger partial charge in [0.05, 0.1) is 0 Å². The Bertz CT molecular complexity index is 461. The van der Waals surface area contributed by atoms with Crippen LogP contribution in [-0.4, -0.2) is 42.8 Å². The van der Waals surface area contributed by atoms with Gasteiger partial charge in [-0.3, -0.25) is 4.79 Å². The Hall–Kier alpha value is -1.75. The quantitative estimate of drug-likeness (QED) is 0.835. The van der Waals surface area contributed by atoms with Crippen molar-refractivity contribution in [1.82, 2.24) is 10.2 Å². The predicted molar refractivity (Wildman–Crippen MR) is 81.5 cm³/mol. The molecular weight excluding hydrogens is 268 g/mol. The fourth-order valence-electron chi connectivity index (χ4n) is 2.42. The van der Waals surface area contributed by atoms with Gasteiger partial charge in [0.15, 0.2) is 11.5 Å². The SMILES string of the molecule is CCN(CC)CCNC(=O)CC1(C)Oc2ccccc2O1. The van der Waals surface area contributed by atoms with Crippen LogP contribution in [0.2, 0.25) is 0 Å². The van der Waals surface area contributed by atoms with Gasteiger partial charge in [-0.2, -0.15) is 0 Å². The molecule has 5 nitrogen and oxygen atoms in total. The lowest BCUT2D eigenvalue weighted by Gasteiger charge is -2.23. The fraction of sp³-hybridized carbons (Fsp3) is 0.562. The van der Waals surface area contributed by atoms with Gasteiger partial charge in [-0.05, 0) is 25.2 Å². The van der Waals surface area contributed by atoms with Gasteiger partial charge in [-0.15, -0.1) is 0 Å². The second kappa shape index (κ2) is 6.80. The summed E-state index contributed by atoms with van der Waals surface area (Å²) in [5.74, 6) is 0.410. The van der Waals surface area contributed by atoms with Crippen molar-refractivity contribution in [2.24, 2.45) is 0 Å². The van der Waals surface area contributed by atoms with E-state index in [-0.39, 0.29) is 12.3 Å². The maximum Gasteiger partial charge on any atom is 0.257 e. The molecule has 0 saturated carbocycles. The van der Waals surface area contributed by atoms with Crippen molar-refractivity contribution in [2.75, 3.05) is 26.2 Å². The minimum absolute atomic E-state index is 0.0579. The number of fused-ring (bicyclic) bond motifs is 1. The van der Waals surface area contributed by atoms with Crippen molar-refractivity contribution in [1.29, 1.82) is 0 Å². The Morgan fingerprint density at radius 1 is 1.19 bits per heavy atom. The van der Waals surface area contributed by atoms with Crippen molar-refractivity contribution in [3.05, 3.63) is 24.3 Å². The molecule has 0 saturated heterocycles. The van der Waals surface area contributed by atoms with Crippen LogP contribution in [0.5, 0.6) is 11.5 Å². The molecule has 1 aromatic rings. The van der Waals surface area contributed by atoms with E-state index in [1.807, 2.05) is 24.3 Å². The second-order valence-electron chi connectivity index (χ2n) is 5.34. The third-order valence-electron chi connectivity index (χ3n) is 3.63. The normalized spacial score (nSPS) is 15.2. The zero-order valence-corrected chi connectivity index (χ0v) is 13.0. The van der Waals surface area contributed by atoms with Crippen molar-refractivity contribution in [3.8, 4) is 11.5 Å². The minimum atomic E-state index is -0.914. The number of para-hydroxylation sites is 2. The summed E-state index contributed by atoms with van der Waals surface area (Å²) >= 11 is 0. The van der Waals surface area contributed by atoms with Crippen LogP contribution in [0.3, 0.4) is 0 Å². The molecule has 0 unspecified atom stereocenters. The Morgan fingerprint density at radius 2 is 1.76 bits per heavy atom. The van der Waals surface area contributed by atoms with E-state index in [0.717, 1.165) is 19.6 Å². The monoisotopic (exact) mass is 292 g/mol. The molecule has 21 heavy (non-hydrogen) atoms. The highest BCUT2D eigenvalue weighted by Crippen LogP contribution is 2.40. The third kappa shape index (κ3) is 4.11. The van der Waals surface area contributed by atoms with Gasteiger partial charge in [0.2, 0.25) is 5.91 Å². The highest BCUT2D eigenvalue weighted by Gasteiger charge is 2.38. The molecule has 0 radical (unpaired) electrons. The van der Waals surface area contributed by atoms with Crippen molar-refractivity contribution in [3.63, 3.8) is 0 Å². The number of hydrogen-bond donors (Lipinski definition) is 1. The number of nitrogens with one attached hydrogen (secondary N) is 1. The lowest BCUT2D eigenvalue weighted by atomic mass is 10.2. The zero-order valence-electron chi connectivity index (χ0n) is 13.0. The first-order valence-corrected chi connectivity index (χ1v) is 7.52. The number of ether oxygens (including phenoxy) is 2. The zero-order chi connectivity index (χ0) is 15.3.